The SMILES string of the molecule is CCc1cccc(NC(=O)c2ccnc(NN)c2)c1. The molecule has 0 saturated carbocycles. The first kappa shape index (κ1) is 13.0. The van der Waals surface area contributed by atoms with Gasteiger partial charge >= 0.3 is 0 Å². The average Bonchev–Trinajstić information content (AvgIpc) is 2.47. The molecule has 2 rings (SSSR count). The Bertz CT molecular complexity index is 583. The molecular formula is C14H16N4O. The summed E-state index contributed by atoms with van der Waals surface area (Å²) < 4.78 is 0. The lowest BCUT2D eigenvalue weighted by Crippen LogP contribution is -2.14. The van der Waals surface area contributed by atoms with Crippen molar-refractivity contribution in [1.29, 1.82) is 0 Å². The number of anilines is 2. The molecule has 4 N–H and O–H groups in total. The van der Waals surface area contributed by atoms with Gasteiger partial charge in [0.25, 0.3) is 5.91 Å². The number of nitrogens with two attached hydrogens (primary N) is 1. The average molecular weight is 256 g/mol. The van der Waals surface area contributed by atoms with Crippen molar-refractivity contribution < 1.29 is 4.79 Å². The Morgan fingerprint density at radius 1 is 1.32 bits per heavy atom. The van der Waals surface area contributed by atoms with Crippen LogP contribution in [0.3, 0.4) is 0 Å². The molecule has 0 atom stereocenters. The fraction of sp³-hybridized carbons (Fsp3) is 0.143. The van der Waals surface area contributed by atoms with Gasteiger partial charge in [0.15, 0.2) is 0 Å². The van der Waals surface area contributed by atoms with Gasteiger partial charge in [-0.15, -0.1) is 0 Å². The van der Waals surface area contributed by atoms with Gasteiger partial charge in [0.05, 0.1) is 0 Å². The van der Waals surface area contributed by atoms with E-state index in [0.717, 1.165) is 12.1 Å². The third-order valence-electron chi connectivity index (χ3n) is 2.76. The highest BCUT2D eigenvalue weighted by Crippen LogP contribution is 2.13. The van der Waals surface area contributed by atoms with Crippen LogP contribution in [-0.4, -0.2) is 10.9 Å². The van der Waals surface area contributed by atoms with Crippen LogP contribution in [-0.2, 0) is 6.42 Å². The third-order valence-corrected chi connectivity index (χ3v) is 2.76. The van der Waals surface area contributed by atoms with E-state index in [4.69, 9.17) is 5.84 Å². The van der Waals surface area contributed by atoms with Crippen LogP contribution in [0, 0.1) is 0 Å². The Kier molecular flexibility index (Phi) is 4.10. The van der Waals surface area contributed by atoms with Crippen molar-refractivity contribution in [2.75, 3.05) is 10.7 Å². The molecule has 0 spiro atoms. The van der Waals surface area contributed by atoms with Gasteiger partial charge in [0.2, 0.25) is 0 Å². The first-order valence-corrected chi connectivity index (χ1v) is 6.06. The molecule has 1 aromatic heterocycles. The van der Waals surface area contributed by atoms with Crippen molar-refractivity contribution in [1.82, 2.24) is 4.98 Å². The van der Waals surface area contributed by atoms with Gasteiger partial charge in [-0.1, -0.05) is 19.1 Å². The van der Waals surface area contributed by atoms with Gasteiger partial charge in [0, 0.05) is 17.4 Å². The van der Waals surface area contributed by atoms with Gasteiger partial charge in [-0.05, 0) is 36.2 Å². The van der Waals surface area contributed by atoms with Crippen LogP contribution in [0.4, 0.5) is 11.5 Å². The lowest BCUT2D eigenvalue weighted by atomic mass is 10.1. The number of hydrogen-bond acceptors (Lipinski definition) is 4. The van der Waals surface area contributed by atoms with Crippen LogP contribution in [0.25, 0.3) is 0 Å². The molecule has 0 radical (unpaired) electrons. The number of pyridine rings is 1. The maximum absolute atomic E-state index is 12.1. The number of carbonyl (C=O) groups is 1. The molecule has 0 fully saturated rings. The molecule has 0 aliphatic rings. The zero-order valence-electron chi connectivity index (χ0n) is 10.7. The highest BCUT2D eigenvalue weighted by Gasteiger charge is 2.07. The molecule has 1 aromatic carbocycles. The van der Waals surface area contributed by atoms with Crippen molar-refractivity contribution in [3.63, 3.8) is 0 Å². The second-order valence-corrected chi connectivity index (χ2v) is 4.08. The zero-order valence-corrected chi connectivity index (χ0v) is 10.7. The molecule has 5 heteroatoms. The molecule has 0 aliphatic heterocycles. The smallest absolute Gasteiger partial charge is 0.255 e. The van der Waals surface area contributed by atoms with Crippen LogP contribution in [0.1, 0.15) is 22.8 Å². The molecule has 1 amide bonds. The molecule has 0 saturated heterocycles. The van der Waals surface area contributed by atoms with Gasteiger partial charge < -0.3 is 10.7 Å². The summed E-state index contributed by atoms with van der Waals surface area (Å²) >= 11 is 0. The second-order valence-electron chi connectivity index (χ2n) is 4.08. The topological polar surface area (TPSA) is 80.0 Å². The van der Waals surface area contributed by atoms with Gasteiger partial charge in [-0.3, -0.25) is 4.79 Å². The second kappa shape index (κ2) is 5.97. The summed E-state index contributed by atoms with van der Waals surface area (Å²) in [5, 5.41) is 2.85. The van der Waals surface area contributed by atoms with Gasteiger partial charge in [0.1, 0.15) is 5.82 Å². The Hall–Kier alpha value is -2.40. The molecule has 19 heavy (non-hydrogen) atoms. The van der Waals surface area contributed by atoms with E-state index in [0.29, 0.717) is 11.4 Å². The van der Waals surface area contributed by atoms with Crippen molar-refractivity contribution in [3.05, 3.63) is 53.7 Å². The first-order chi connectivity index (χ1) is 9.22. The minimum atomic E-state index is -0.188. The number of benzene rings is 1. The van der Waals surface area contributed by atoms with Crippen LogP contribution in [0.2, 0.25) is 0 Å². The highest BCUT2D eigenvalue weighted by atomic mass is 16.1. The van der Waals surface area contributed by atoms with Crippen LogP contribution >= 0.6 is 0 Å². The number of nitrogens with zero attached hydrogens (tertiary/aromatic N) is 1. The highest BCUT2D eigenvalue weighted by molar-refractivity contribution is 6.04. The summed E-state index contributed by atoms with van der Waals surface area (Å²) in [7, 11) is 0. The molecule has 1 heterocycles. The summed E-state index contributed by atoms with van der Waals surface area (Å²) in [4.78, 5) is 16.0. The number of aryl methyl sites for hydroxylation is 1. The predicted octanol–water partition coefficient (Wildman–Crippen LogP) is 2.18. The molecule has 5 nitrogen and oxygen atoms in total. The van der Waals surface area contributed by atoms with Crippen LogP contribution < -0.4 is 16.6 Å². The number of nitrogen functional groups attached to an aromatic ring is 1. The van der Waals surface area contributed by atoms with E-state index in [-0.39, 0.29) is 5.91 Å². The molecule has 0 unspecified atom stereocenters. The normalized spacial score (nSPS) is 10.0. The van der Waals surface area contributed by atoms with Crippen LogP contribution in [0.5, 0.6) is 0 Å². The van der Waals surface area contributed by atoms with E-state index in [2.05, 4.69) is 22.7 Å². The standard InChI is InChI=1S/C14H16N4O/c1-2-10-4-3-5-12(8-10)17-14(19)11-6-7-16-13(9-11)18-15/h3-9H,2,15H2,1H3,(H,16,18)(H,17,19). The maximum atomic E-state index is 12.1. The van der Waals surface area contributed by atoms with E-state index in [1.54, 1.807) is 12.1 Å². The monoisotopic (exact) mass is 256 g/mol. The molecule has 0 bridgehead atoms. The van der Waals surface area contributed by atoms with Crippen molar-refractivity contribution in [2.24, 2.45) is 5.84 Å². The number of rotatable bonds is 4. The van der Waals surface area contributed by atoms with E-state index < -0.39 is 0 Å². The predicted molar refractivity (Wildman–Crippen MR) is 75.8 cm³/mol. The lowest BCUT2D eigenvalue weighted by Gasteiger charge is -2.07. The first-order valence-electron chi connectivity index (χ1n) is 6.06. The minimum absolute atomic E-state index is 0.188. The van der Waals surface area contributed by atoms with Crippen molar-refractivity contribution >= 4 is 17.4 Å². The molecular weight excluding hydrogens is 240 g/mol. The number of carbonyl (C=O) groups excluding carboxylic acids is 1. The van der Waals surface area contributed by atoms with E-state index in [1.807, 2.05) is 24.3 Å². The zero-order chi connectivity index (χ0) is 13.7. The van der Waals surface area contributed by atoms with E-state index in [9.17, 15) is 4.79 Å². The molecule has 0 aliphatic carbocycles. The fourth-order valence-electron chi connectivity index (χ4n) is 1.72. The van der Waals surface area contributed by atoms with E-state index >= 15 is 0 Å². The summed E-state index contributed by atoms with van der Waals surface area (Å²) in [6.07, 6.45) is 2.47. The van der Waals surface area contributed by atoms with Gasteiger partial charge in [-0.25, -0.2) is 10.8 Å². The number of amides is 1. The third kappa shape index (κ3) is 3.29. The maximum Gasteiger partial charge on any atom is 0.255 e. The Balaban J connectivity index is 2.15. The summed E-state index contributed by atoms with van der Waals surface area (Å²) in [5.41, 5.74) is 4.88. The van der Waals surface area contributed by atoms with E-state index in [1.165, 1.54) is 11.8 Å². The number of aromatic nitrogens is 1. The number of hydrazine groups is 1. The summed E-state index contributed by atoms with van der Waals surface area (Å²) in [5.74, 6) is 5.53. The molecule has 2 aromatic rings. The van der Waals surface area contributed by atoms with Crippen LogP contribution in [0.15, 0.2) is 42.6 Å². The summed E-state index contributed by atoms with van der Waals surface area (Å²) in [6, 6.07) is 11.0. The van der Waals surface area contributed by atoms with Crippen molar-refractivity contribution in [2.45, 2.75) is 13.3 Å². The number of hydrogen-bond donors (Lipinski definition) is 3. The van der Waals surface area contributed by atoms with Gasteiger partial charge in [-0.2, -0.15) is 0 Å². The largest absolute Gasteiger partial charge is 0.322 e. The Morgan fingerprint density at radius 2 is 2.16 bits per heavy atom. The number of nitrogens with one attached hydrogen (secondary N) is 2. The minimum Gasteiger partial charge on any atom is -0.322 e. The Morgan fingerprint density at radius 3 is 2.89 bits per heavy atom. The fourth-order valence-corrected chi connectivity index (χ4v) is 1.72. The van der Waals surface area contributed by atoms with Crippen molar-refractivity contribution in [3.8, 4) is 0 Å². The summed E-state index contributed by atoms with van der Waals surface area (Å²) in [6.45, 7) is 2.07. The Labute approximate surface area is 111 Å². The molecule has 98 valence electrons. The quantitative estimate of drug-likeness (QED) is 0.578. The lowest BCUT2D eigenvalue weighted by molar-refractivity contribution is 0.102.